The van der Waals surface area contributed by atoms with Crippen molar-refractivity contribution in [3.8, 4) is 0 Å². The Morgan fingerprint density at radius 3 is 2.33 bits per heavy atom. The van der Waals surface area contributed by atoms with Crippen LogP contribution in [0.25, 0.3) is 0 Å². The molecule has 5 nitrogen and oxygen atoms in total. The van der Waals surface area contributed by atoms with Gasteiger partial charge in [-0.15, -0.1) is 0 Å². The fourth-order valence-electron chi connectivity index (χ4n) is 1.77. The first-order valence-corrected chi connectivity index (χ1v) is 7.10. The summed E-state index contributed by atoms with van der Waals surface area (Å²) in [5.74, 6) is 0. The van der Waals surface area contributed by atoms with Crippen molar-refractivity contribution in [2.75, 3.05) is 32.4 Å². The summed E-state index contributed by atoms with van der Waals surface area (Å²) in [6, 6.07) is 0. The number of sulfonamides is 1. The van der Waals surface area contributed by atoms with Crippen LogP contribution < -0.4 is 5.32 Å². The molecule has 1 aliphatic rings. The third-order valence-electron chi connectivity index (χ3n) is 2.83. The largest absolute Gasteiger partial charge is 0.388 e. The SMILES string of the molecule is CCNCC1(O)CCN(S(C)(=O)=O)CC1. The van der Waals surface area contributed by atoms with Gasteiger partial charge in [0.15, 0.2) is 0 Å². The first-order valence-electron chi connectivity index (χ1n) is 5.26. The van der Waals surface area contributed by atoms with Crippen molar-refractivity contribution in [3.05, 3.63) is 0 Å². The number of likely N-dealkylation sites (N-methyl/N-ethyl adjacent to an activating group) is 1. The molecule has 6 heteroatoms. The second kappa shape index (κ2) is 4.78. The Morgan fingerprint density at radius 2 is 1.93 bits per heavy atom. The molecule has 0 saturated carbocycles. The third kappa shape index (κ3) is 3.71. The lowest BCUT2D eigenvalue weighted by Gasteiger charge is -2.37. The molecule has 0 aromatic carbocycles. The zero-order valence-electron chi connectivity index (χ0n) is 9.36. The van der Waals surface area contributed by atoms with Gasteiger partial charge in [-0.05, 0) is 19.4 Å². The van der Waals surface area contributed by atoms with Gasteiger partial charge in [0.1, 0.15) is 0 Å². The van der Waals surface area contributed by atoms with E-state index in [-0.39, 0.29) is 0 Å². The van der Waals surface area contributed by atoms with Gasteiger partial charge in [-0.3, -0.25) is 0 Å². The van der Waals surface area contributed by atoms with Crippen molar-refractivity contribution in [2.45, 2.75) is 25.4 Å². The van der Waals surface area contributed by atoms with Crippen molar-refractivity contribution in [2.24, 2.45) is 0 Å². The maximum absolute atomic E-state index is 11.2. The second-order valence-electron chi connectivity index (χ2n) is 4.17. The number of hydrogen-bond donors (Lipinski definition) is 2. The average Bonchev–Trinajstić information content (AvgIpc) is 2.14. The van der Waals surface area contributed by atoms with Gasteiger partial charge in [0.05, 0.1) is 11.9 Å². The second-order valence-corrected chi connectivity index (χ2v) is 6.15. The molecule has 15 heavy (non-hydrogen) atoms. The number of hydrogen-bond acceptors (Lipinski definition) is 4. The van der Waals surface area contributed by atoms with Crippen LogP contribution >= 0.6 is 0 Å². The Labute approximate surface area is 91.5 Å². The number of aliphatic hydroxyl groups is 1. The standard InChI is InChI=1S/C9H20N2O3S/c1-3-10-8-9(12)4-6-11(7-5-9)15(2,13)14/h10,12H,3-8H2,1-2H3. The molecule has 0 amide bonds. The van der Waals surface area contributed by atoms with E-state index in [0.29, 0.717) is 32.5 Å². The number of rotatable bonds is 4. The Balaban J connectivity index is 2.48. The van der Waals surface area contributed by atoms with E-state index < -0.39 is 15.6 Å². The molecule has 1 saturated heterocycles. The minimum Gasteiger partial charge on any atom is -0.388 e. The zero-order valence-corrected chi connectivity index (χ0v) is 10.2. The van der Waals surface area contributed by atoms with E-state index in [1.54, 1.807) is 0 Å². The van der Waals surface area contributed by atoms with Crippen LogP contribution in [0.5, 0.6) is 0 Å². The zero-order chi connectivity index (χ0) is 11.5. The van der Waals surface area contributed by atoms with Gasteiger partial charge in [-0.1, -0.05) is 6.92 Å². The van der Waals surface area contributed by atoms with Crippen LogP contribution in [0.1, 0.15) is 19.8 Å². The van der Waals surface area contributed by atoms with Crippen LogP contribution in [0.15, 0.2) is 0 Å². The first-order chi connectivity index (χ1) is 6.87. The molecule has 1 fully saturated rings. The van der Waals surface area contributed by atoms with Gasteiger partial charge in [0.2, 0.25) is 10.0 Å². The summed E-state index contributed by atoms with van der Waals surface area (Å²) < 4.78 is 23.9. The van der Waals surface area contributed by atoms with E-state index in [2.05, 4.69) is 5.32 Å². The molecule has 1 aliphatic heterocycles. The molecule has 0 spiro atoms. The molecule has 0 atom stereocenters. The highest BCUT2D eigenvalue weighted by Crippen LogP contribution is 2.22. The topological polar surface area (TPSA) is 69.6 Å². The van der Waals surface area contributed by atoms with Crippen molar-refractivity contribution in [3.63, 3.8) is 0 Å². The molecule has 2 N–H and O–H groups in total. The van der Waals surface area contributed by atoms with Gasteiger partial charge < -0.3 is 10.4 Å². The number of nitrogens with one attached hydrogen (secondary N) is 1. The van der Waals surface area contributed by atoms with E-state index in [4.69, 9.17) is 0 Å². The molecule has 0 bridgehead atoms. The predicted molar refractivity (Wildman–Crippen MR) is 59.1 cm³/mol. The van der Waals surface area contributed by atoms with Crippen molar-refractivity contribution < 1.29 is 13.5 Å². The number of piperidine rings is 1. The van der Waals surface area contributed by atoms with Gasteiger partial charge in [0, 0.05) is 19.6 Å². The summed E-state index contributed by atoms with van der Waals surface area (Å²) >= 11 is 0. The van der Waals surface area contributed by atoms with E-state index >= 15 is 0 Å². The third-order valence-corrected chi connectivity index (χ3v) is 4.13. The normalized spacial score (nSPS) is 22.9. The lowest BCUT2D eigenvalue weighted by atomic mass is 9.92. The summed E-state index contributed by atoms with van der Waals surface area (Å²) in [5.41, 5.74) is -0.739. The maximum Gasteiger partial charge on any atom is 0.211 e. The van der Waals surface area contributed by atoms with Crippen LogP contribution in [-0.2, 0) is 10.0 Å². The van der Waals surface area contributed by atoms with Crippen molar-refractivity contribution >= 4 is 10.0 Å². The summed E-state index contributed by atoms with van der Waals surface area (Å²) in [6.07, 6.45) is 2.22. The molecule has 90 valence electrons. The van der Waals surface area contributed by atoms with Crippen molar-refractivity contribution in [1.82, 2.24) is 9.62 Å². The fourth-order valence-corrected chi connectivity index (χ4v) is 2.61. The number of nitrogens with zero attached hydrogens (tertiary/aromatic N) is 1. The van der Waals surface area contributed by atoms with E-state index in [0.717, 1.165) is 6.54 Å². The van der Waals surface area contributed by atoms with Gasteiger partial charge in [0.25, 0.3) is 0 Å². The van der Waals surface area contributed by atoms with Gasteiger partial charge >= 0.3 is 0 Å². The molecular weight excluding hydrogens is 216 g/mol. The predicted octanol–water partition coefficient (Wildman–Crippen LogP) is -0.618. The fraction of sp³-hybridized carbons (Fsp3) is 1.00. The molecule has 0 unspecified atom stereocenters. The lowest BCUT2D eigenvalue weighted by Crippen LogP contribution is -2.51. The van der Waals surface area contributed by atoms with Crippen LogP contribution in [0.2, 0.25) is 0 Å². The highest BCUT2D eigenvalue weighted by atomic mass is 32.2. The maximum atomic E-state index is 11.2. The Morgan fingerprint density at radius 1 is 1.40 bits per heavy atom. The summed E-state index contributed by atoms with van der Waals surface area (Å²) in [7, 11) is -3.09. The van der Waals surface area contributed by atoms with E-state index in [1.165, 1.54) is 10.6 Å². The Kier molecular flexibility index (Phi) is 4.11. The molecule has 1 rings (SSSR count). The summed E-state index contributed by atoms with van der Waals surface area (Å²) in [6.45, 7) is 4.18. The van der Waals surface area contributed by atoms with E-state index in [1.807, 2.05) is 6.92 Å². The molecule has 0 aromatic heterocycles. The molecule has 0 aromatic rings. The molecular formula is C9H20N2O3S. The monoisotopic (exact) mass is 236 g/mol. The van der Waals surface area contributed by atoms with E-state index in [9.17, 15) is 13.5 Å². The Hall–Kier alpha value is -0.170. The average molecular weight is 236 g/mol. The van der Waals surface area contributed by atoms with Crippen LogP contribution in [0.4, 0.5) is 0 Å². The summed E-state index contributed by atoms with van der Waals surface area (Å²) in [5, 5.41) is 13.2. The minimum absolute atomic E-state index is 0.417. The van der Waals surface area contributed by atoms with Gasteiger partial charge in [-0.25, -0.2) is 12.7 Å². The molecule has 1 heterocycles. The van der Waals surface area contributed by atoms with Crippen molar-refractivity contribution in [1.29, 1.82) is 0 Å². The highest BCUT2D eigenvalue weighted by Gasteiger charge is 2.34. The van der Waals surface area contributed by atoms with Gasteiger partial charge in [-0.2, -0.15) is 0 Å². The Bertz CT molecular complexity index is 294. The quantitative estimate of drug-likeness (QED) is 0.683. The molecule has 0 aliphatic carbocycles. The first kappa shape index (κ1) is 12.9. The highest BCUT2D eigenvalue weighted by molar-refractivity contribution is 7.88. The van der Waals surface area contributed by atoms with Crippen LogP contribution in [0, 0.1) is 0 Å². The lowest BCUT2D eigenvalue weighted by molar-refractivity contribution is -0.00330. The minimum atomic E-state index is -3.09. The van der Waals surface area contributed by atoms with Crippen LogP contribution in [-0.4, -0.2) is 55.9 Å². The summed E-state index contributed by atoms with van der Waals surface area (Å²) in [4.78, 5) is 0. The molecule has 0 radical (unpaired) electrons. The van der Waals surface area contributed by atoms with Crippen LogP contribution in [0.3, 0.4) is 0 Å². The smallest absolute Gasteiger partial charge is 0.211 e.